The van der Waals surface area contributed by atoms with E-state index in [1.165, 1.54) is 11.0 Å². The SMILES string of the molecule is CN(Cc1ccccc1F)C(=O)COC(=O)C1CC=CCC1. The quantitative estimate of drug-likeness (QED) is 0.620. The predicted octanol–water partition coefficient (Wildman–Crippen LogP) is 2.68. The molecule has 0 saturated heterocycles. The van der Waals surface area contributed by atoms with Crippen LogP contribution in [0, 0.1) is 11.7 Å². The molecular formula is C17H20FNO3. The van der Waals surface area contributed by atoms with Gasteiger partial charge in [-0.1, -0.05) is 30.4 Å². The fourth-order valence-corrected chi connectivity index (χ4v) is 2.34. The summed E-state index contributed by atoms with van der Waals surface area (Å²) in [5, 5.41) is 0. The van der Waals surface area contributed by atoms with E-state index >= 15 is 0 Å². The average molecular weight is 305 g/mol. The minimum atomic E-state index is -0.354. The Hall–Kier alpha value is -2.17. The zero-order chi connectivity index (χ0) is 15.9. The van der Waals surface area contributed by atoms with Gasteiger partial charge < -0.3 is 9.64 Å². The third-order valence-electron chi connectivity index (χ3n) is 3.73. The molecule has 1 aliphatic rings. The van der Waals surface area contributed by atoms with Gasteiger partial charge in [-0.15, -0.1) is 0 Å². The van der Waals surface area contributed by atoms with Crippen LogP contribution < -0.4 is 0 Å². The Kier molecular flexibility index (Phi) is 5.69. The van der Waals surface area contributed by atoms with Crippen molar-refractivity contribution in [1.29, 1.82) is 0 Å². The Labute approximate surface area is 129 Å². The molecule has 1 aromatic carbocycles. The van der Waals surface area contributed by atoms with Crippen molar-refractivity contribution in [1.82, 2.24) is 4.90 Å². The summed E-state index contributed by atoms with van der Waals surface area (Å²) in [5.41, 5.74) is 0.432. The van der Waals surface area contributed by atoms with Crippen molar-refractivity contribution in [2.45, 2.75) is 25.8 Å². The summed E-state index contributed by atoms with van der Waals surface area (Å²) in [6.07, 6.45) is 6.28. The van der Waals surface area contributed by atoms with Crippen molar-refractivity contribution in [3.8, 4) is 0 Å². The van der Waals surface area contributed by atoms with E-state index in [0.29, 0.717) is 12.0 Å². The molecule has 22 heavy (non-hydrogen) atoms. The molecular weight excluding hydrogens is 285 g/mol. The van der Waals surface area contributed by atoms with Gasteiger partial charge in [-0.3, -0.25) is 9.59 Å². The van der Waals surface area contributed by atoms with E-state index in [4.69, 9.17) is 4.74 Å². The highest BCUT2D eigenvalue weighted by atomic mass is 19.1. The number of ether oxygens (including phenoxy) is 1. The van der Waals surface area contributed by atoms with Gasteiger partial charge in [-0.2, -0.15) is 0 Å². The first kappa shape index (κ1) is 16.2. The molecule has 2 rings (SSSR count). The standard InChI is InChI=1S/C17H20FNO3/c1-19(11-14-9-5-6-10-15(14)18)16(20)12-22-17(21)13-7-3-2-4-8-13/h2-3,5-6,9-10,13H,4,7-8,11-12H2,1H3. The van der Waals surface area contributed by atoms with Gasteiger partial charge in [0.15, 0.2) is 6.61 Å². The van der Waals surface area contributed by atoms with Gasteiger partial charge in [0, 0.05) is 19.2 Å². The maximum atomic E-state index is 13.5. The first-order chi connectivity index (χ1) is 10.6. The van der Waals surface area contributed by atoms with Gasteiger partial charge in [-0.25, -0.2) is 4.39 Å². The summed E-state index contributed by atoms with van der Waals surface area (Å²) in [6.45, 7) is -0.154. The molecule has 0 saturated carbocycles. The highest BCUT2D eigenvalue weighted by molar-refractivity contribution is 5.81. The lowest BCUT2D eigenvalue weighted by molar-refractivity contribution is -0.155. The van der Waals surface area contributed by atoms with Crippen molar-refractivity contribution in [2.24, 2.45) is 5.92 Å². The Morgan fingerprint density at radius 1 is 1.32 bits per heavy atom. The number of nitrogens with zero attached hydrogens (tertiary/aromatic N) is 1. The van der Waals surface area contributed by atoms with E-state index in [1.807, 2.05) is 12.2 Å². The van der Waals surface area contributed by atoms with Crippen LogP contribution >= 0.6 is 0 Å². The largest absolute Gasteiger partial charge is 0.455 e. The van der Waals surface area contributed by atoms with Crippen molar-refractivity contribution < 1.29 is 18.7 Å². The lowest BCUT2D eigenvalue weighted by atomic mass is 9.95. The second-order valence-corrected chi connectivity index (χ2v) is 5.43. The zero-order valence-corrected chi connectivity index (χ0v) is 12.6. The molecule has 118 valence electrons. The number of likely N-dealkylation sites (N-methyl/N-ethyl adjacent to an activating group) is 1. The van der Waals surface area contributed by atoms with Gasteiger partial charge in [-0.05, 0) is 25.3 Å². The van der Waals surface area contributed by atoms with Crippen LogP contribution in [0.25, 0.3) is 0 Å². The van der Waals surface area contributed by atoms with Crippen LogP contribution in [0.15, 0.2) is 36.4 Å². The van der Waals surface area contributed by atoms with Crippen molar-refractivity contribution in [2.75, 3.05) is 13.7 Å². The normalized spacial score (nSPS) is 17.1. The number of benzene rings is 1. The van der Waals surface area contributed by atoms with Gasteiger partial charge in [0.2, 0.25) is 0 Å². The number of esters is 1. The van der Waals surface area contributed by atoms with Gasteiger partial charge in [0.05, 0.1) is 5.92 Å². The Morgan fingerprint density at radius 2 is 2.09 bits per heavy atom. The van der Waals surface area contributed by atoms with E-state index < -0.39 is 0 Å². The molecule has 4 nitrogen and oxygen atoms in total. The van der Waals surface area contributed by atoms with E-state index in [1.54, 1.807) is 25.2 Å². The van der Waals surface area contributed by atoms with Crippen LogP contribution in [-0.2, 0) is 20.9 Å². The summed E-state index contributed by atoms with van der Waals surface area (Å²) in [7, 11) is 1.56. The minimum Gasteiger partial charge on any atom is -0.455 e. The average Bonchev–Trinajstić information content (AvgIpc) is 2.55. The van der Waals surface area contributed by atoms with Crippen molar-refractivity contribution in [3.05, 3.63) is 47.8 Å². The van der Waals surface area contributed by atoms with E-state index in [2.05, 4.69) is 0 Å². The summed E-state index contributed by atoms with van der Waals surface area (Å²) in [4.78, 5) is 25.2. The zero-order valence-electron chi connectivity index (χ0n) is 12.6. The highest BCUT2D eigenvalue weighted by Crippen LogP contribution is 2.19. The maximum Gasteiger partial charge on any atom is 0.309 e. The van der Waals surface area contributed by atoms with Crippen molar-refractivity contribution >= 4 is 11.9 Å². The van der Waals surface area contributed by atoms with Crippen LogP contribution in [0.4, 0.5) is 4.39 Å². The first-order valence-electron chi connectivity index (χ1n) is 7.37. The molecule has 0 aliphatic heterocycles. The number of carbonyl (C=O) groups is 2. The van der Waals surface area contributed by atoms with E-state index in [0.717, 1.165) is 12.8 Å². The van der Waals surface area contributed by atoms with Crippen LogP contribution in [0.3, 0.4) is 0 Å². The highest BCUT2D eigenvalue weighted by Gasteiger charge is 2.22. The molecule has 0 fully saturated rings. The van der Waals surface area contributed by atoms with Crippen LogP contribution in [0.1, 0.15) is 24.8 Å². The second kappa shape index (κ2) is 7.73. The number of hydrogen-bond donors (Lipinski definition) is 0. The molecule has 0 bridgehead atoms. The Balaban J connectivity index is 1.80. The maximum absolute atomic E-state index is 13.5. The van der Waals surface area contributed by atoms with E-state index in [9.17, 15) is 14.0 Å². The lowest BCUT2D eigenvalue weighted by Crippen LogP contribution is -2.32. The molecule has 0 heterocycles. The first-order valence-corrected chi connectivity index (χ1v) is 7.37. The number of hydrogen-bond acceptors (Lipinski definition) is 3. The number of halogens is 1. The number of carbonyl (C=O) groups excluding carboxylic acids is 2. The summed E-state index contributed by atoms with van der Waals surface area (Å²) in [6, 6.07) is 6.29. The monoisotopic (exact) mass is 305 g/mol. The Morgan fingerprint density at radius 3 is 2.77 bits per heavy atom. The van der Waals surface area contributed by atoms with Crippen LogP contribution in [-0.4, -0.2) is 30.4 Å². The molecule has 5 heteroatoms. The van der Waals surface area contributed by atoms with E-state index in [-0.39, 0.29) is 36.8 Å². The summed E-state index contributed by atoms with van der Waals surface area (Å²) in [5.74, 6) is -1.19. The molecule has 0 aromatic heterocycles. The number of rotatable bonds is 5. The third-order valence-corrected chi connectivity index (χ3v) is 3.73. The second-order valence-electron chi connectivity index (χ2n) is 5.43. The molecule has 0 spiro atoms. The van der Waals surface area contributed by atoms with Crippen LogP contribution in [0.5, 0.6) is 0 Å². The van der Waals surface area contributed by atoms with Gasteiger partial charge in [0.25, 0.3) is 5.91 Å². The molecule has 0 radical (unpaired) electrons. The third kappa shape index (κ3) is 4.41. The fraction of sp³-hybridized carbons (Fsp3) is 0.412. The molecule has 1 aromatic rings. The minimum absolute atomic E-state index is 0.148. The summed E-state index contributed by atoms with van der Waals surface area (Å²) < 4.78 is 18.6. The molecule has 1 atom stereocenters. The van der Waals surface area contributed by atoms with Crippen molar-refractivity contribution in [3.63, 3.8) is 0 Å². The van der Waals surface area contributed by atoms with Gasteiger partial charge in [0.1, 0.15) is 5.82 Å². The van der Waals surface area contributed by atoms with Crippen LogP contribution in [0.2, 0.25) is 0 Å². The van der Waals surface area contributed by atoms with Gasteiger partial charge >= 0.3 is 5.97 Å². The lowest BCUT2D eigenvalue weighted by Gasteiger charge is -2.19. The molecule has 0 N–H and O–H groups in total. The number of amides is 1. The molecule has 1 unspecified atom stereocenters. The fourth-order valence-electron chi connectivity index (χ4n) is 2.34. The predicted molar refractivity (Wildman–Crippen MR) is 80.3 cm³/mol. The topological polar surface area (TPSA) is 46.6 Å². The Bertz CT molecular complexity index is 571. The number of allylic oxidation sites excluding steroid dienone is 2. The molecule has 1 aliphatic carbocycles. The summed E-state index contributed by atoms with van der Waals surface area (Å²) >= 11 is 0. The molecule has 1 amide bonds. The smallest absolute Gasteiger partial charge is 0.309 e.